The fourth-order valence-corrected chi connectivity index (χ4v) is 2.13. The second kappa shape index (κ2) is 5.05. The molecule has 92 valence electrons. The normalized spacial score (nSPS) is 16.8. The Bertz CT molecular complexity index is 549. The molecule has 0 saturated carbocycles. The monoisotopic (exact) mass is 262 g/mol. The first kappa shape index (κ1) is 12.4. The van der Waals surface area contributed by atoms with Gasteiger partial charge in [-0.05, 0) is 35.5 Å². The fraction of sp³-hybridized carbons (Fsp3) is 0.0833. The Kier molecular flexibility index (Phi) is 3.47. The lowest BCUT2D eigenvalue weighted by molar-refractivity contribution is -0.115. The summed E-state index contributed by atoms with van der Waals surface area (Å²) in [5, 5.41) is 9.83. The van der Waals surface area contributed by atoms with Crippen LogP contribution in [-0.2, 0) is 9.53 Å². The van der Waals surface area contributed by atoms with Gasteiger partial charge in [-0.2, -0.15) is 0 Å². The summed E-state index contributed by atoms with van der Waals surface area (Å²) in [6.45, 7) is 0. The number of nitrogens with one attached hydrogen (secondary N) is 2. The predicted octanol–water partition coefficient (Wildman–Crippen LogP) is 1.61. The molecular weight excluding hydrogens is 252 g/mol. The number of methoxy groups -OCH3 is 1. The van der Waals surface area contributed by atoms with Gasteiger partial charge in [-0.15, -0.1) is 0 Å². The summed E-state index contributed by atoms with van der Waals surface area (Å²) >= 11 is 1.08. The van der Waals surface area contributed by atoms with E-state index in [9.17, 15) is 9.59 Å². The minimum Gasteiger partial charge on any atom is -0.465 e. The van der Waals surface area contributed by atoms with E-state index < -0.39 is 5.97 Å². The SMILES string of the molecule is COC(=O)c1ccc(/C=C2/SC(=N)NC2=O)cc1. The molecule has 1 saturated heterocycles. The maximum Gasteiger partial charge on any atom is 0.337 e. The van der Waals surface area contributed by atoms with Gasteiger partial charge in [-0.25, -0.2) is 4.79 Å². The molecule has 0 aromatic heterocycles. The van der Waals surface area contributed by atoms with Crippen LogP contribution in [0, 0.1) is 5.41 Å². The first-order chi connectivity index (χ1) is 8.60. The summed E-state index contributed by atoms with van der Waals surface area (Å²) in [5.74, 6) is -0.675. The highest BCUT2D eigenvalue weighted by molar-refractivity contribution is 8.18. The van der Waals surface area contributed by atoms with Crippen molar-refractivity contribution in [2.75, 3.05) is 7.11 Å². The van der Waals surface area contributed by atoms with Crippen LogP contribution >= 0.6 is 11.8 Å². The molecule has 0 atom stereocenters. The molecule has 0 radical (unpaired) electrons. The van der Waals surface area contributed by atoms with Crippen LogP contribution in [0.15, 0.2) is 29.2 Å². The number of amides is 1. The van der Waals surface area contributed by atoms with E-state index in [1.54, 1.807) is 30.3 Å². The predicted molar refractivity (Wildman–Crippen MR) is 69.2 cm³/mol. The van der Waals surface area contributed by atoms with E-state index in [0.29, 0.717) is 10.5 Å². The quantitative estimate of drug-likeness (QED) is 0.627. The van der Waals surface area contributed by atoms with E-state index in [0.717, 1.165) is 17.3 Å². The number of rotatable bonds is 2. The van der Waals surface area contributed by atoms with Crippen molar-refractivity contribution < 1.29 is 14.3 Å². The minimum atomic E-state index is -0.399. The summed E-state index contributed by atoms with van der Waals surface area (Å²) in [4.78, 5) is 23.1. The Morgan fingerprint density at radius 2 is 2.06 bits per heavy atom. The van der Waals surface area contributed by atoms with Gasteiger partial charge in [0.05, 0.1) is 17.6 Å². The van der Waals surface area contributed by atoms with Gasteiger partial charge in [0.25, 0.3) is 5.91 Å². The van der Waals surface area contributed by atoms with Gasteiger partial charge in [-0.3, -0.25) is 10.2 Å². The summed E-state index contributed by atoms with van der Waals surface area (Å²) in [5.41, 5.74) is 1.24. The van der Waals surface area contributed by atoms with Crippen LogP contribution in [-0.4, -0.2) is 24.2 Å². The summed E-state index contributed by atoms with van der Waals surface area (Å²) < 4.78 is 4.59. The number of hydrogen-bond acceptors (Lipinski definition) is 5. The highest BCUT2D eigenvalue weighted by atomic mass is 32.2. The lowest BCUT2D eigenvalue weighted by Crippen LogP contribution is -2.18. The average molecular weight is 262 g/mol. The summed E-state index contributed by atoms with van der Waals surface area (Å²) in [7, 11) is 1.32. The van der Waals surface area contributed by atoms with Gasteiger partial charge in [0.15, 0.2) is 5.17 Å². The van der Waals surface area contributed by atoms with Crippen LogP contribution in [0.25, 0.3) is 6.08 Å². The van der Waals surface area contributed by atoms with Crippen LogP contribution in [0.3, 0.4) is 0 Å². The van der Waals surface area contributed by atoms with Gasteiger partial charge < -0.3 is 10.1 Å². The van der Waals surface area contributed by atoms with Crippen molar-refractivity contribution >= 4 is 34.9 Å². The number of amidine groups is 1. The second-order valence-electron chi connectivity index (χ2n) is 3.51. The molecule has 0 spiro atoms. The number of ether oxygens (including phenoxy) is 1. The van der Waals surface area contributed by atoms with Crippen molar-refractivity contribution in [3.63, 3.8) is 0 Å². The summed E-state index contributed by atoms with van der Waals surface area (Å²) in [6.07, 6.45) is 1.67. The van der Waals surface area contributed by atoms with Gasteiger partial charge >= 0.3 is 5.97 Å². The maximum absolute atomic E-state index is 11.4. The molecule has 1 aliphatic heterocycles. The molecule has 5 nitrogen and oxygen atoms in total. The molecule has 6 heteroatoms. The molecule has 1 aromatic rings. The molecule has 0 bridgehead atoms. The third-order valence-electron chi connectivity index (χ3n) is 2.29. The van der Waals surface area contributed by atoms with Crippen molar-refractivity contribution in [2.24, 2.45) is 0 Å². The molecule has 1 aliphatic rings. The number of esters is 1. The van der Waals surface area contributed by atoms with Gasteiger partial charge in [0.2, 0.25) is 0 Å². The molecule has 1 heterocycles. The maximum atomic E-state index is 11.4. The molecule has 0 aliphatic carbocycles. The molecule has 0 unspecified atom stereocenters. The molecule has 1 aromatic carbocycles. The lowest BCUT2D eigenvalue weighted by Gasteiger charge is -1.99. The topological polar surface area (TPSA) is 79.2 Å². The van der Waals surface area contributed by atoms with E-state index >= 15 is 0 Å². The van der Waals surface area contributed by atoms with E-state index in [-0.39, 0.29) is 11.1 Å². The lowest BCUT2D eigenvalue weighted by atomic mass is 10.1. The smallest absolute Gasteiger partial charge is 0.337 e. The van der Waals surface area contributed by atoms with Crippen molar-refractivity contribution in [2.45, 2.75) is 0 Å². The van der Waals surface area contributed by atoms with Gasteiger partial charge in [0.1, 0.15) is 0 Å². The molecule has 1 amide bonds. The van der Waals surface area contributed by atoms with E-state index in [2.05, 4.69) is 10.1 Å². The van der Waals surface area contributed by atoms with Crippen LogP contribution in [0.5, 0.6) is 0 Å². The average Bonchev–Trinajstić information content (AvgIpc) is 2.68. The van der Waals surface area contributed by atoms with Crippen LogP contribution in [0.1, 0.15) is 15.9 Å². The Morgan fingerprint density at radius 1 is 1.39 bits per heavy atom. The van der Waals surface area contributed by atoms with E-state index in [4.69, 9.17) is 5.41 Å². The van der Waals surface area contributed by atoms with E-state index in [1.165, 1.54) is 7.11 Å². The number of carbonyl (C=O) groups excluding carboxylic acids is 2. The molecule has 2 N–H and O–H groups in total. The number of benzene rings is 1. The third kappa shape index (κ3) is 2.60. The minimum absolute atomic E-state index is 0.123. The van der Waals surface area contributed by atoms with Crippen molar-refractivity contribution in [1.29, 1.82) is 5.41 Å². The highest BCUT2D eigenvalue weighted by Crippen LogP contribution is 2.24. The zero-order chi connectivity index (χ0) is 13.1. The Labute approximate surface area is 108 Å². The van der Waals surface area contributed by atoms with E-state index in [1.807, 2.05) is 0 Å². The number of hydrogen-bond donors (Lipinski definition) is 2. The summed E-state index contributed by atoms with van der Waals surface area (Å²) in [6, 6.07) is 6.69. The first-order valence-corrected chi connectivity index (χ1v) is 5.89. The zero-order valence-electron chi connectivity index (χ0n) is 9.52. The molecular formula is C12H10N2O3S. The fourth-order valence-electron chi connectivity index (χ4n) is 1.43. The van der Waals surface area contributed by atoms with Crippen molar-refractivity contribution in [3.8, 4) is 0 Å². The van der Waals surface area contributed by atoms with Gasteiger partial charge in [0, 0.05) is 0 Å². The Balaban J connectivity index is 2.21. The third-order valence-corrected chi connectivity index (χ3v) is 3.12. The standard InChI is InChI=1S/C12H10N2O3S/c1-17-11(16)8-4-2-7(3-5-8)6-9-10(15)14-12(13)18-9/h2-6H,1H3,(H2,13,14,15)/b9-6+. The van der Waals surface area contributed by atoms with Crippen LogP contribution in [0.2, 0.25) is 0 Å². The van der Waals surface area contributed by atoms with Crippen LogP contribution < -0.4 is 5.32 Å². The molecule has 2 rings (SSSR count). The largest absolute Gasteiger partial charge is 0.465 e. The Morgan fingerprint density at radius 3 is 2.56 bits per heavy atom. The first-order valence-electron chi connectivity index (χ1n) is 5.08. The highest BCUT2D eigenvalue weighted by Gasteiger charge is 2.22. The number of thioether (sulfide) groups is 1. The zero-order valence-corrected chi connectivity index (χ0v) is 10.3. The second-order valence-corrected chi connectivity index (χ2v) is 4.56. The number of carbonyl (C=O) groups is 2. The van der Waals surface area contributed by atoms with Gasteiger partial charge in [-0.1, -0.05) is 12.1 Å². The van der Waals surface area contributed by atoms with Crippen LogP contribution in [0.4, 0.5) is 0 Å². The molecule has 18 heavy (non-hydrogen) atoms. The van der Waals surface area contributed by atoms with Crippen molar-refractivity contribution in [3.05, 3.63) is 40.3 Å². The Hall–Kier alpha value is -2.08. The van der Waals surface area contributed by atoms with Crippen molar-refractivity contribution in [1.82, 2.24) is 5.32 Å². The molecule has 1 fully saturated rings.